The van der Waals surface area contributed by atoms with Gasteiger partial charge in [-0.1, -0.05) is 12.1 Å². The molecule has 1 aliphatic heterocycles. The number of rotatable bonds is 9. The highest BCUT2D eigenvalue weighted by atomic mass is 16.5. The number of hydrogen-bond donors (Lipinski definition) is 1. The molecule has 1 amide bonds. The predicted molar refractivity (Wildman–Crippen MR) is 124 cm³/mol. The van der Waals surface area contributed by atoms with Gasteiger partial charge >= 0.3 is 0 Å². The van der Waals surface area contributed by atoms with Crippen molar-refractivity contribution in [3.8, 4) is 17.2 Å². The van der Waals surface area contributed by atoms with Crippen molar-refractivity contribution >= 4 is 11.6 Å². The molecule has 1 N–H and O–H groups in total. The first-order valence-corrected chi connectivity index (χ1v) is 10.7. The Labute approximate surface area is 190 Å². The fourth-order valence-corrected chi connectivity index (χ4v) is 3.85. The van der Waals surface area contributed by atoms with Crippen LogP contribution in [0.4, 0.5) is 5.69 Å². The van der Waals surface area contributed by atoms with Crippen molar-refractivity contribution in [1.29, 1.82) is 0 Å². The molecule has 0 radical (unpaired) electrons. The van der Waals surface area contributed by atoms with Crippen LogP contribution in [0, 0.1) is 0 Å². The number of nitrogens with zero attached hydrogens (tertiary/aromatic N) is 2. The van der Waals surface area contributed by atoms with Crippen molar-refractivity contribution in [3.05, 3.63) is 47.5 Å². The van der Waals surface area contributed by atoms with Gasteiger partial charge in [-0.05, 0) is 29.8 Å². The van der Waals surface area contributed by atoms with Gasteiger partial charge in [0.1, 0.15) is 0 Å². The zero-order valence-corrected chi connectivity index (χ0v) is 19.5. The van der Waals surface area contributed by atoms with Crippen LogP contribution in [0.2, 0.25) is 0 Å². The van der Waals surface area contributed by atoms with Gasteiger partial charge < -0.3 is 29.2 Å². The second-order valence-electron chi connectivity index (χ2n) is 7.77. The van der Waals surface area contributed by atoms with Crippen LogP contribution in [0.5, 0.6) is 17.2 Å². The van der Waals surface area contributed by atoms with E-state index in [1.54, 1.807) is 12.1 Å². The highest BCUT2D eigenvalue weighted by molar-refractivity contribution is 5.95. The zero-order chi connectivity index (χ0) is 23.1. The summed E-state index contributed by atoms with van der Waals surface area (Å²) >= 11 is 0. The number of nitrogens with one attached hydrogen (secondary N) is 1. The standard InChI is InChI=1S/C24H33N3O5/c1-26(2)19-8-6-17(7-9-19)20(27-10-12-32-13-11-27)16-25-24(28)18-14-21(29-3)23(31-5)22(15-18)30-4/h6-9,14-15,20H,10-13,16H2,1-5H3,(H,25,28). The van der Waals surface area contributed by atoms with E-state index in [0.29, 0.717) is 42.6 Å². The Hall–Kier alpha value is -2.97. The largest absolute Gasteiger partial charge is 0.493 e. The Balaban J connectivity index is 1.80. The van der Waals surface area contributed by atoms with Crippen LogP contribution in [0.1, 0.15) is 22.0 Å². The molecule has 1 unspecified atom stereocenters. The van der Waals surface area contributed by atoms with Gasteiger partial charge in [-0.2, -0.15) is 0 Å². The van der Waals surface area contributed by atoms with Gasteiger partial charge in [-0.25, -0.2) is 0 Å². The number of hydrogen-bond acceptors (Lipinski definition) is 7. The summed E-state index contributed by atoms with van der Waals surface area (Å²) in [6, 6.07) is 11.8. The Morgan fingerprint density at radius 2 is 1.62 bits per heavy atom. The number of morpholine rings is 1. The molecule has 0 spiro atoms. The van der Waals surface area contributed by atoms with Gasteiger partial charge in [-0.3, -0.25) is 9.69 Å². The molecule has 3 rings (SSSR count). The first-order valence-electron chi connectivity index (χ1n) is 10.7. The molecule has 174 valence electrons. The van der Waals surface area contributed by atoms with Crippen LogP contribution in [0.3, 0.4) is 0 Å². The third-order valence-electron chi connectivity index (χ3n) is 5.66. The number of amides is 1. The normalized spacial score (nSPS) is 15.0. The summed E-state index contributed by atoms with van der Waals surface area (Å²) in [5.41, 5.74) is 2.74. The summed E-state index contributed by atoms with van der Waals surface area (Å²) in [7, 11) is 8.64. The van der Waals surface area contributed by atoms with E-state index in [1.165, 1.54) is 21.3 Å². The molecule has 0 bridgehead atoms. The molecule has 1 atom stereocenters. The Bertz CT molecular complexity index is 870. The molecule has 0 saturated carbocycles. The SMILES string of the molecule is COc1cc(C(=O)NCC(c2ccc(N(C)C)cc2)N2CCOCC2)cc(OC)c1OC. The molecule has 1 heterocycles. The molecule has 2 aromatic carbocycles. The molecule has 8 heteroatoms. The zero-order valence-electron chi connectivity index (χ0n) is 19.5. The minimum absolute atomic E-state index is 0.0427. The average molecular weight is 444 g/mol. The molecule has 8 nitrogen and oxygen atoms in total. The van der Waals surface area contributed by atoms with Crippen LogP contribution >= 0.6 is 0 Å². The summed E-state index contributed by atoms with van der Waals surface area (Å²) in [5.74, 6) is 1.15. The van der Waals surface area contributed by atoms with Crippen molar-refractivity contribution in [2.24, 2.45) is 0 Å². The number of anilines is 1. The Morgan fingerprint density at radius 3 is 2.12 bits per heavy atom. The fourth-order valence-electron chi connectivity index (χ4n) is 3.85. The van der Waals surface area contributed by atoms with Crippen LogP contribution in [-0.2, 0) is 4.74 Å². The van der Waals surface area contributed by atoms with E-state index < -0.39 is 0 Å². The van der Waals surface area contributed by atoms with E-state index in [9.17, 15) is 4.79 Å². The average Bonchev–Trinajstić information content (AvgIpc) is 2.83. The summed E-state index contributed by atoms with van der Waals surface area (Å²) in [4.78, 5) is 17.4. The summed E-state index contributed by atoms with van der Waals surface area (Å²) < 4.78 is 21.6. The highest BCUT2D eigenvalue weighted by Gasteiger charge is 2.24. The molecule has 1 fully saturated rings. The third kappa shape index (κ3) is 5.44. The molecular weight excluding hydrogens is 410 g/mol. The first-order chi connectivity index (χ1) is 15.5. The maximum atomic E-state index is 13.0. The van der Waals surface area contributed by atoms with Gasteiger partial charge in [0.15, 0.2) is 11.5 Å². The second-order valence-corrected chi connectivity index (χ2v) is 7.77. The quantitative estimate of drug-likeness (QED) is 0.639. The maximum absolute atomic E-state index is 13.0. The molecule has 2 aromatic rings. The number of carbonyl (C=O) groups is 1. The molecule has 0 aromatic heterocycles. The smallest absolute Gasteiger partial charge is 0.251 e. The van der Waals surface area contributed by atoms with E-state index in [1.807, 2.05) is 14.1 Å². The minimum Gasteiger partial charge on any atom is -0.493 e. The van der Waals surface area contributed by atoms with Crippen molar-refractivity contribution < 1.29 is 23.7 Å². The summed E-state index contributed by atoms with van der Waals surface area (Å²) in [6.07, 6.45) is 0. The van der Waals surface area contributed by atoms with Crippen LogP contribution < -0.4 is 24.4 Å². The Kier molecular flexibility index (Phi) is 8.19. The number of carbonyl (C=O) groups excluding carboxylic acids is 1. The number of ether oxygens (including phenoxy) is 4. The lowest BCUT2D eigenvalue weighted by atomic mass is 10.0. The van der Waals surface area contributed by atoms with E-state index >= 15 is 0 Å². The number of methoxy groups -OCH3 is 3. The lowest BCUT2D eigenvalue weighted by molar-refractivity contribution is 0.0162. The fraction of sp³-hybridized carbons (Fsp3) is 0.458. The van der Waals surface area contributed by atoms with Crippen LogP contribution in [-0.4, -0.2) is 79.1 Å². The lowest BCUT2D eigenvalue weighted by Crippen LogP contribution is -2.43. The molecule has 1 saturated heterocycles. The van der Waals surface area contributed by atoms with E-state index in [2.05, 4.69) is 39.4 Å². The lowest BCUT2D eigenvalue weighted by Gasteiger charge is -2.35. The van der Waals surface area contributed by atoms with Crippen LogP contribution in [0.15, 0.2) is 36.4 Å². The first kappa shape index (κ1) is 23.7. The van der Waals surface area contributed by atoms with E-state index in [-0.39, 0.29) is 11.9 Å². The Morgan fingerprint density at radius 1 is 1.03 bits per heavy atom. The number of benzene rings is 2. The van der Waals surface area contributed by atoms with Gasteiger partial charge in [0, 0.05) is 45.0 Å². The van der Waals surface area contributed by atoms with Gasteiger partial charge in [0.2, 0.25) is 5.75 Å². The van der Waals surface area contributed by atoms with Crippen molar-refractivity contribution in [2.45, 2.75) is 6.04 Å². The van der Waals surface area contributed by atoms with Crippen molar-refractivity contribution in [3.63, 3.8) is 0 Å². The summed E-state index contributed by atoms with van der Waals surface area (Å²) in [5, 5.41) is 3.09. The van der Waals surface area contributed by atoms with Crippen LogP contribution in [0.25, 0.3) is 0 Å². The molecule has 32 heavy (non-hydrogen) atoms. The molecule has 1 aliphatic rings. The maximum Gasteiger partial charge on any atom is 0.251 e. The molecular formula is C24H33N3O5. The second kappa shape index (κ2) is 11.1. The highest BCUT2D eigenvalue weighted by Crippen LogP contribution is 2.38. The van der Waals surface area contributed by atoms with Crippen molar-refractivity contribution in [1.82, 2.24) is 10.2 Å². The topological polar surface area (TPSA) is 72.5 Å². The van der Waals surface area contributed by atoms with Gasteiger partial charge in [0.25, 0.3) is 5.91 Å². The van der Waals surface area contributed by atoms with Gasteiger partial charge in [0.05, 0.1) is 40.6 Å². The minimum atomic E-state index is -0.201. The van der Waals surface area contributed by atoms with E-state index in [4.69, 9.17) is 18.9 Å². The summed E-state index contributed by atoms with van der Waals surface area (Å²) in [6.45, 7) is 3.48. The van der Waals surface area contributed by atoms with E-state index in [0.717, 1.165) is 24.3 Å². The molecule has 0 aliphatic carbocycles. The van der Waals surface area contributed by atoms with Crippen molar-refractivity contribution in [2.75, 3.05) is 73.2 Å². The van der Waals surface area contributed by atoms with Gasteiger partial charge in [-0.15, -0.1) is 0 Å². The predicted octanol–water partition coefficient (Wildman–Crippen LogP) is 2.58. The monoisotopic (exact) mass is 443 g/mol. The third-order valence-corrected chi connectivity index (χ3v) is 5.66.